The number of hydrogen-bond donors (Lipinski definition) is 3. The first-order valence-corrected chi connectivity index (χ1v) is 7.13. The molecule has 2 rings (SSSR count). The van der Waals surface area contributed by atoms with Crippen molar-refractivity contribution in [2.75, 3.05) is 13.2 Å². The lowest BCUT2D eigenvalue weighted by Gasteiger charge is -2.07. The monoisotopic (exact) mass is 291 g/mol. The van der Waals surface area contributed by atoms with Gasteiger partial charge in [-0.3, -0.25) is 9.59 Å². The second-order valence-corrected chi connectivity index (χ2v) is 5.17. The van der Waals surface area contributed by atoms with Gasteiger partial charge in [0.15, 0.2) is 6.61 Å². The van der Waals surface area contributed by atoms with Gasteiger partial charge in [0.05, 0.1) is 0 Å². The van der Waals surface area contributed by atoms with E-state index in [1.54, 1.807) is 12.1 Å². The van der Waals surface area contributed by atoms with Gasteiger partial charge in [-0.25, -0.2) is 0 Å². The molecule has 0 aromatic heterocycles. The smallest absolute Gasteiger partial charge is 0.255 e. The van der Waals surface area contributed by atoms with Gasteiger partial charge < -0.3 is 21.1 Å². The molecule has 0 heterocycles. The first kappa shape index (κ1) is 15.3. The molecule has 2 amide bonds. The zero-order valence-electron chi connectivity index (χ0n) is 11.9. The van der Waals surface area contributed by atoms with Crippen molar-refractivity contribution in [3.05, 3.63) is 29.8 Å². The van der Waals surface area contributed by atoms with E-state index in [4.69, 9.17) is 10.5 Å². The van der Waals surface area contributed by atoms with Gasteiger partial charge in [-0.2, -0.15) is 0 Å². The number of benzene rings is 1. The van der Waals surface area contributed by atoms with Gasteiger partial charge >= 0.3 is 0 Å². The fourth-order valence-electron chi connectivity index (χ4n) is 1.82. The minimum atomic E-state index is -0.495. The number of primary amides is 1. The van der Waals surface area contributed by atoms with Crippen molar-refractivity contribution in [2.24, 2.45) is 5.73 Å². The Hall–Kier alpha value is -2.08. The van der Waals surface area contributed by atoms with Gasteiger partial charge in [0, 0.05) is 25.6 Å². The Kier molecular flexibility index (Phi) is 5.57. The summed E-state index contributed by atoms with van der Waals surface area (Å²) in [6, 6.07) is 7.83. The largest absolute Gasteiger partial charge is 0.484 e. The first-order chi connectivity index (χ1) is 10.1. The first-order valence-electron chi connectivity index (χ1n) is 7.13. The number of carbonyl (C=O) groups is 2. The van der Waals surface area contributed by atoms with Crippen LogP contribution in [0.2, 0.25) is 0 Å². The van der Waals surface area contributed by atoms with Crippen molar-refractivity contribution in [3.63, 3.8) is 0 Å². The summed E-state index contributed by atoms with van der Waals surface area (Å²) in [5, 5.41) is 6.17. The third-order valence-electron chi connectivity index (χ3n) is 3.10. The number of hydrogen-bond acceptors (Lipinski definition) is 4. The quantitative estimate of drug-likeness (QED) is 0.571. The summed E-state index contributed by atoms with van der Waals surface area (Å²) in [6.45, 7) is 1.22. The Morgan fingerprint density at radius 2 is 1.95 bits per heavy atom. The van der Waals surface area contributed by atoms with Crippen LogP contribution in [0.3, 0.4) is 0 Å². The van der Waals surface area contributed by atoms with Crippen molar-refractivity contribution in [1.82, 2.24) is 10.6 Å². The number of nitrogens with two attached hydrogens (primary N) is 1. The van der Waals surface area contributed by atoms with Gasteiger partial charge in [-0.15, -0.1) is 0 Å². The molecule has 6 nitrogen and oxygen atoms in total. The van der Waals surface area contributed by atoms with Gasteiger partial charge in [-0.05, 0) is 30.5 Å². The summed E-state index contributed by atoms with van der Waals surface area (Å²) in [5.74, 6) is 0.228. The highest BCUT2D eigenvalue weighted by Gasteiger charge is 2.22. The number of nitrogens with one attached hydrogen (secondary N) is 2. The molecule has 0 unspecified atom stereocenters. The second-order valence-electron chi connectivity index (χ2n) is 5.17. The van der Waals surface area contributed by atoms with E-state index < -0.39 is 5.91 Å². The third-order valence-corrected chi connectivity index (χ3v) is 3.10. The molecule has 1 aliphatic carbocycles. The lowest BCUT2D eigenvalue weighted by atomic mass is 10.2. The lowest BCUT2D eigenvalue weighted by molar-refractivity contribution is -0.121. The maximum atomic E-state index is 11.5. The molecule has 0 saturated heterocycles. The molecule has 0 bridgehead atoms. The number of carbonyl (C=O) groups excluding carboxylic acids is 2. The van der Waals surface area contributed by atoms with E-state index in [9.17, 15) is 9.59 Å². The van der Waals surface area contributed by atoms with Gasteiger partial charge in [0.2, 0.25) is 5.91 Å². The summed E-state index contributed by atoms with van der Waals surface area (Å²) < 4.78 is 5.17. The van der Waals surface area contributed by atoms with Gasteiger partial charge in [0.1, 0.15) is 5.75 Å². The van der Waals surface area contributed by atoms with Crippen LogP contribution in [0.4, 0.5) is 0 Å². The highest BCUT2D eigenvalue weighted by molar-refractivity contribution is 5.76. The molecule has 1 aromatic rings. The highest BCUT2D eigenvalue weighted by Crippen LogP contribution is 2.18. The molecule has 21 heavy (non-hydrogen) atoms. The van der Waals surface area contributed by atoms with Crippen LogP contribution in [0, 0.1) is 0 Å². The Balaban J connectivity index is 1.61. The zero-order valence-corrected chi connectivity index (χ0v) is 11.9. The Morgan fingerprint density at radius 1 is 1.24 bits per heavy atom. The maximum absolute atomic E-state index is 11.5. The molecule has 0 aliphatic heterocycles. The van der Waals surface area contributed by atoms with E-state index in [0.29, 0.717) is 31.3 Å². The van der Waals surface area contributed by atoms with Crippen LogP contribution in [0.5, 0.6) is 5.75 Å². The molecule has 1 fully saturated rings. The van der Waals surface area contributed by atoms with Crippen molar-refractivity contribution in [2.45, 2.75) is 31.8 Å². The number of rotatable bonds is 9. The topological polar surface area (TPSA) is 93.5 Å². The van der Waals surface area contributed by atoms with Crippen LogP contribution in [-0.2, 0) is 16.1 Å². The molecule has 1 aliphatic rings. The average molecular weight is 291 g/mol. The minimum absolute atomic E-state index is 0.111. The van der Waals surface area contributed by atoms with Gasteiger partial charge in [-0.1, -0.05) is 12.1 Å². The maximum Gasteiger partial charge on any atom is 0.255 e. The minimum Gasteiger partial charge on any atom is -0.484 e. The molecular formula is C15H21N3O3. The Morgan fingerprint density at radius 3 is 2.57 bits per heavy atom. The highest BCUT2D eigenvalue weighted by atomic mass is 16.5. The predicted octanol–water partition coefficient (Wildman–Crippen LogP) is 0.309. The summed E-state index contributed by atoms with van der Waals surface area (Å²) in [6.07, 6.45) is 2.73. The van der Waals surface area contributed by atoms with Crippen LogP contribution < -0.4 is 21.1 Å². The van der Waals surface area contributed by atoms with Crippen LogP contribution in [0.25, 0.3) is 0 Å². The molecule has 1 aromatic carbocycles. The predicted molar refractivity (Wildman–Crippen MR) is 78.6 cm³/mol. The average Bonchev–Trinajstić information content (AvgIpc) is 3.26. The van der Waals surface area contributed by atoms with Crippen LogP contribution >= 0.6 is 0 Å². The molecule has 0 radical (unpaired) electrons. The zero-order chi connectivity index (χ0) is 15.1. The SMILES string of the molecule is NC(=O)COc1ccc(CNCCC(=O)NC2CC2)cc1. The molecular weight excluding hydrogens is 270 g/mol. The summed E-state index contributed by atoms with van der Waals surface area (Å²) in [4.78, 5) is 22.1. The number of ether oxygens (including phenoxy) is 1. The lowest BCUT2D eigenvalue weighted by Crippen LogP contribution is -2.28. The Bertz CT molecular complexity index is 483. The van der Waals surface area contributed by atoms with Crippen LogP contribution in [0.1, 0.15) is 24.8 Å². The van der Waals surface area contributed by atoms with Crippen molar-refractivity contribution in [3.8, 4) is 5.75 Å². The molecule has 0 spiro atoms. The van der Waals surface area contributed by atoms with Crippen molar-refractivity contribution < 1.29 is 14.3 Å². The van der Waals surface area contributed by atoms with Crippen molar-refractivity contribution in [1.29, 1.82) is 0 Å². The molecule has 114 valence electrons. The molecule has 0 atom stereocenters. The molecule has 6 heteroatoms. The number of amides is 2. The summed E-state index contributed by atoms with van der Waals surface area (Å²) in [7, 11) is 0. The second kappa shape index (κ2) is 7.64. The van der Waals surface area contributed by atoms with Crippen LogP contribution in [0.15, 0.2) is 24.3 Å². The fraction of sp³-hybridized carbons (Fsp3) is 0.467. The van der Waals surface area contributed by atoms with E-state index >= 15 is 0 Å². The third kappa shape index (κ3) is 6.27. The van der Waals surface area contributed by atoms with Crippen molar-refractivity contribution >= 4 is 11.8 Å². The molecule has 4 N–H and O–H groups in total. The van der Waals surface area contributed by atoms with E-state index in [1.807, 2.05) is 12.1 Å². The Labute approximate surface area is 124 Å². The summed E-state index contributed by atoms with van der Waals surface area (Å²) >= 11 is 0. The van der Waals surface area contributed by atoms with E-state index in [1.165, 1.54) is 0 Å². The normalized spacial score (nSPS) is 13.7. The van der Waals surface area contributed by atoms with E-state index in [-0.39, 0.29) is 12.5 Å². The molecule has 1 saturated carbocycles. The standard InChI is InChI=1S/C15H21N3O3/c16-14(19)10-21-13-5-1-11(2-6-13)9-17-8-7-15(20)18-12-3-4-12/h1-2,5-6,12,17H,3-4,7-10H2,(H2,16,19)(H,18,20). The van der Waals surface area contributed by atoms with Gasteiger partial charge in [0.25, 0.3) is 5.91 Å². The fourth-order valence-corrected chi connectivity index (χ4v) is 1.82. The van der Waals surface area contributed by atoms with E-state index in [0.717, 1.165) is 18.4 Å². The van der Waals surface area contributed by atoms with E-state index in [2.05, 4.69) is 10.6 Å². The van der Waals surface area contributed by atoms with Crippen LogP contribution in [-0.4, -0.2) is 31.0 Å². The summed E-state index contributed by atoms with van der Waals surface area (Å²) in [5.41, 5.74) is 6.09.